The molecule has 0 atom stereocenters. The molecule has 0 fully saturated rings. The van der Waals surface area contributed by atoms with E-state index in [0.717, 1.165) is 19.3 Å². The van der Waals surface area contributed by atoms with Crippen molar-refractivity contribution in [3.05, 3.63) is 48.0 Å². The van der Waals surface area contributed by atoms with Gasteiger partial charge in [0.05, 0.1) is 13.2 Å². The molecule has 4 heteroatoms. The van der Waals surface area contributed by atoms with E-state index in [1.807, 2.05) is 30.4 Å². The van der Waals surface area contributed by atoms with Crippen LogP contribution in [0.4, 0.5) is 0 Å². The van der Waals surface area contributed by atoms with E-state index >= 15 is 0 Å². The Kier molecular flexibility index (Phi) is 9.45. The van der Waals surface area contributed by atoms with Crippen molar-refractivity contribution in [3.8, 4) is 0 Å². The van der Waals surface area contributed by atoms with Gasteiger partial charge in [-0.3, -0.25) is 9.59 Å². The monoisotopic (exact) mass is 318 g/mol. The lowest BCUT2D eigenvalue weighted by Gasteiger charge is -2.12. The summed E-state index contributed by atoms with van der Waals surface area (Å²) in [7, 11) is 0. The molecule has 0 radical (unpaired) electrons. The molecule has 0 unspecified atom stereocenters. The molecular weight excluding hydrogens is 292 g/mol. The predicted octanol–water partition coefficient (Wildman–Crippen LogP) is 3.70. The Morgan fingerprint density at radius 2 is 1.61 bits per heavy atom. The van der Waals surface area contributed by atoms with Gasteiger partial charge in [0.2, 0.25) is 0 Å². The van der Waals surface area contributed by atoms with Crippen molar-refractivity contribution >= 4 is 11.9 Å². The molecule has 0 aliphatic heterocycles. The first-order valence-corrected chi connectivity index (χ1v) is 8.21. The fraction of sp³-hybridized carbons (Fsp3) is 0.474. The van der Waals surface area contributed by atoms with Gasteiger partial charge in [-0.2, -0.15) is 0 Å². The fourth-order valence-corrected chi connectivity index (χ4v) is 2.19. The number of carbonyl (C=O) groups excluding carboxylic acids is 2. The van der Waals surface area contributed by atoms with Crippen LogP contribution in [-0.2, 0) is 25.5 Å². The zero-order valence-corrected chi connectivity index (χ0v) is 14.0. The van der Waals surface area contributed by atoms with Gasteiger partial charge in [0, 0.05) is 0 Å². The maximum Gasteiger partial charge on any atom is 0.320 e. The minimum atomic E-state index is -0.861. The van der Waals surface area contributed by atoms with E-state index in [1.165, 1.54) is 5.56 Å². The molecule has 0 aliphatic carbocycles. The van der Waals surface area contributed by atoms with Gasteiger partial charge in [-0.15, -0.1) is 0 Å². The fourth-order valence-electron chi connectivity index (χ4n) is 2.19. The molecule has 0 saturated carbocycles. The summed E-state index contributed by atoms with van der Waals surface area (Å²) in [6, 6.07) is 10.3. The summed E-state index contributed by atoms with van der Waals surface area (Å²) in [6.45, 7) is 3.96. The Morgan fingerprint density at radius 3 is 2.17 bits per heavy atom. The average Bonchev–Trinajstić information content (AvgIpc) is 2.55. The number of hydrogen-bond donors (Lipinski definition) is 0. The Balaban J connectivity index is 2.37. The van der Waals surface area contributed by atoms with Gasteiger partial charge < -0.3 is 9.47 Å². The third kappa shape index (κ3) is 7.63. The number of unbranched alkanes of at least 4 members (excludes halogenated alkanes) is 1. The second-order valence-electron chi connectivity index (χ2n) is 5.14. The minimum Gasteiger partial charge on any atom is -0.465 e. The summed E-state index contributed by atoms with van der Waals surface area (Å²) in [5, 5.41) is 0. The number of ether oxygens (including phenoxy) is 2. The number of esters is 2. The Morgan fingerprint density at radius 1 is 1.00 bits per heavy atom. The minimum absolute atomic E-state index is 0.259. The normalized spacial score (nSPS) is 10.9. The van der Waals surface area contributed by atoms with E-state index < -0.39 is 17.9 Å². The third-order valence-corrected chi connectivity index (χ3v) is 3.36. The van der Waals surface area contributed by atoms with Gasteiger partial charge in [0.15, 0.2) is 5.92 Å². The number of hydrogen-bond acceptors (Lipinski definition) is 4. The molecule has 0 heterocycles. The van der Waals surface area contributed by atoms with Crippen molar-refractivity contribution in [3.63, 3.8) is 0 Å². The number of carbonyl (C=O) groups is 2. The van der Waals surface area contributed by atoms with Crippen molar-refractivity contribution in [1.82, 2.24) is 0 Å². The highest BCUT2D eigenvalue weighted by Gasteiger charge is 2.27. The smallest absolute Gasteiger partial charge is 0.320 e. The summed E-state index contributed by atoms with van der Waals surface area (Å²) < 4.78 is 9.87. The molecule has 126 valence electrons. The standard InChI is InChI=1S/C19H26O4/c1-3-22-18(20)17(19(21)23-4-2)15-11-6-5-8-12-16-13-9-7-10-14-16/h6-7,9-11,13-14,17H,3-5,8,12,15H2,1-2H3/b11-6-. The van der Waals surface area contributed by atoms with Gasteiger partial charge in [-0.1, -0.05) is 42.5 Å². The van der Waals surface area contributed by atoms with Crippen molar-refractivity contribution in [2.45, 2.75) is 39.5 Å². The Hall–Kier alpha value is -2.10. The number of aryl methyl sites for hydroxylation is 1. The highest BCUT2D eigenvalue weighted by atomic mass is 16.6. The van der Waals surface area contributed by atoms with Crippen molar-refractivity contribution in [2.75, 3.05) is 13.2 Å². The van der Waals surface area contributed by atoms with E-state index in [9.17, 15) is 9.59 Å². The third-order valence-electron chi connectivity index (χ3n) is 3.36. The molecule has 0 amide bonds. The molecule has 0 aliphatic rings. The first-order chi connectivity index (χ1) is 11.2. The molecule has 1 aromatic rings. The molecule has 0 bridgehead atoms. The van der Waals surface area contributed by atoms with Crippen LogP contribution in [0.1, 0.15) is 38.7 Å². The van der Waals surface area contributed by atoms with Gasteiger partial charge in [0.25, 0.3) is 0 Å². The predicted molar refractivity (Wildman–Crippen MR) is 89.9 cm³/mol. The van der Waals surface area contributed by atoms with Crippen LogP contribution in [0.25, 0.3) is 0 Å². The van der Waals surface area contributed by atoms with Gasteiger partial charge in [0.1, 0.15) is 0 Å². The zero-order valence-electron chi connectivity index (χ0n) is 14.0. The van der Waals surface area contributed by atoms with E-state index in [2.05, 4.69) is 12.1 Å². The van der Waals surface area contributed by atoms with E-state index in [4.69, 9.17) is 9.47 Å². The quantitative estimate of drug-likeness (QED) is 0.286. The molecule has 0 saturated heterocycles. The van der Waals surface area contributed by atoms with Gasteiger partial charge >= 0.3 is 11.9 Å². The number of rotatable bonds is 10. The van der Waals surface area contributed by atoms with Gasteiger partial charge in [-0.05, 0) is 45.1 Å². The molecule has 23 heavy (non-hydrogen) atoms. The average molecular weight is 318 g/mol. The summed E-state index contributed by atoms with van der Waals surface area (Å²) >= 11 is 0. The second kappa shape index (κ2) is 11.5. The lowest BCUT2D eigenvalue weighted by Crippen LogP contribution is -2.27. The van der Waals surface area contributed by atoms with E-state index in [0.29, 0.717) is 6.42 Å². The number of benzene rings is 1. The van der Waals surface area contributed by atoms with Crippen LogP contribution < -0.4 is 0 Å². The molecule has 0 spiro atoms. The van der Waals surface area contributed by atoms with Crippen molar-refractivity contribution in [2.24, 2.45) is 5.92 Å². The number of allylic oxidation sites excluding steroid dienone is 2. The maximum atomic E-state index is 11.8. The van der Waals surface area contributed by atoms with Crippen LogP contribution in [0, 0.1) is 5.92 Å². The molecule has 1 rings (SSSR count). The molecule has 0 N–H and O–H groups in total. The van der Waals surface area contributed by atoms with Crippen molar-refractivity contribution < 1.29 is 19.1 Å². The van der Waals surface area contributed by atoms with Gasteiger partial charge in [-0.25, -0.2) is 0 Å². The van der Waals surface area contributed by atoms with Crippen molar-refractivity contribution in [1.29, 1.82) is 0 Å². The molecule has 0 aromatic heterocycles. The van der Waals surface area contributed by atoms with Crippen LogP contribution in [0.5, 0.6) is 0 Å². The van der Waals surface area contributed by atoms with Crippen LogP contribution in [0.2, 0.25) is 0 Å². The van der Waals surface area contributed by atoms with Crippen LogP contribution >= 0.6 is 0 Å². The highest BCUT2D eigenvalue weighted by molar-refractivity contribution is 5.95. The molecular formula is C19H26O4. The first kappa shape index (κ1) is 18.9. The van der Waals surface area contributed by atoms with E-state index in [1.54, 1.807) is 13.8 Å². The zero-order chi connectivity index (χ0) is 16.9. The van der Waals surface area contributed by atoms with Crippen LogP contribution in [-0.4, -0.2) is 25.2 Å². The van der Waals surface area contributed by atoms with Crippen LogP contribution in [0.3, 0.4) is 0 Å². The Bertz CT molecular complexity index is 475. The molecule has 1 aromatic carbocycles. The second-order valence-corrected chi connectivity index (χ2v) is 5.14. The largest absolute Gasteiger partial charge is 0.465 e. The SMILES string of the molecule is CCOC(=O)C(C/C=C\CCCc1ccccc1)C(=O)OCC. The lowest BCUT2D eigenvalue weighted by atomic mass is 10.0. The maximum absolute atomic E-state index is 11.8. The summed E-state index contributed by atoms with van der Waals surface area (Å²) in [6.07, 6.45) is 7.16. The van der Waals surface area contributed by atoms with E-state index in [-0.39, 0.29) is 13.2 Å². The summed E-state index contributed by atoms with van der Waals surface area (Å²) in [5.74, 6) is -1.89. The van der Waals surface area contributed by atoms with Crippen LogP contribution in [0.15, 0.2) is 42.5 Å². The topological polar surface area (TPSA) is 52.6 Å². The molecule has 4 nitrogen and oxygen atoms in total. The summed E-state index contributed by atoms with van der Waals surface area (Å²) in [5.41, 5.74) is 1.32. The summed E-state index contributed by atoms with van der Waals surface area (Å²) in [4.78, 5) is 23.6. The Labute approximate surface area is 138 Å². The lowest BCUT2D eigenvalue weighted by molar-refractivity contribution is -0.161. The first-order valence-electron chi connectivity index (χ1n) is 8.21. The highest BCUT2D eigenvalue weighted by Crippen LogP contribution is 2.11.